The number of benzene rings is 1. The van der Waals surface area contributed by atoms with E-state index in [1.165, 1.54) is 0 Å². The van der Waals surface area contributed by atoms with E-state index in [9.17, 15) is 4.79 Å². The lowest BCUT2D eigenvalue weighted by Crippen LogP contribution is -2.34. The molecule has 1 aromatic carbocycles. The summed E-state index contributed by atoms with van der Waals surface area (Å²) < 4.78 is 5.52. The minimum absolute atomic E-state index is 0.0315. The molecule has 0 atom stereocenters. The highest BCUT2D eigenvalue weighted by atomic mass is 16.5. The fraction of sp³-hybridized carbons (Fsp3) is 0.462. The lowest BCUT2D eigenvalue weighted by molar-refractivity contribution is -0.123. The third kappa shape index (κ3) is 3.98. The molecule has 0 heterocycles. The summed E-state index contributed by atoms with van der Waals surface area (Å²) in [4.78, 5) is 11.5. The zero-order chi connectivity index (χ0) is 13.0. The number of ether oxygens (including phenoxy) is 1. The number of hydrogen-bond donors (Lipinski definition) is 2. The van der Waals surface area contributed by atoms with E-state index in [4.69, 9.17) is 10.5 Å². The van der Waals surface area contributed by atoms with E-state index >= 15 is 0 Å². The number of carbonyl (C=O) groups excluding carboxylic acids is 1. The highest BCUT2D eigenvalue weighted by Crippen LogP contribution is 2.25. The molecule has 0 aromatic heterocycles. The number of amides is 1. The van der Waals surface area contributed by atoms with E-state index in [1.54, 1.807) is 0 Å². The van der Waals surface area contributed by atoms with Gasteiger partial charge in [-0.1, -0.05) is 0 Å². The third-order valence-electron chi connectivity index (χ3n) is 2.28. The molecule has 0 saturated heterocycles. The highest BCUT2D eigenvalue weighted by molar-refractivity contribution is 5.77. The smallest absolute Gasteiger partial charge is 0.258 e. The zero-order valence-electron chi connectivity index (χ0n) is 10.8. The molecule has 4 heteroatoms. The lowest BCUT2D eigenvalue weighted by Gasteiger charge is -2.14. The summed E-state index contributed by atoms with van der Waals surface area (Å²) in [5.41, 5.74) is 8.31. The number of nitrogens with one attached hydrogen (secondary N) is 1. The van der Waals surface area contributed by atoms with Gasteiger partial charge in [-0.15, -0.1) is 0 Å². The molecular formula is C13H20N2O2. The first kappa shape index (κ1) is 13.4. The number of anilines is 1. The quantitative estimate of drug-likeness (QED) is 0.783. The van der Waals surface area contributed by atoms with E-state index in [0.29, 0.717) is 5.69 Å². The molecule has 94 valence electrons. The molecule has 1 aromatic rings. The van der Waals surface area contributed by atoms with Gasteiger partial charge in [-0.05, 0) is 51.0 Å². The first-order chi connectivity index (χ1) is 7.90. The largest absolute Gasteiger partial charge is 0.483 e. The van der Waals surface area contributed by atoms with Crippen LogP contribution in [0, 0.1) is 13.8 Å². The van der Waals surface area contributed by atoms with Crippen molar-refractivity contribution in [2.75, 3.05) is 12.3 Å². The van der Waals surface area contributed by atoms with Crippen LogP contribution in [0.5, 0.6) is 5.75 Å². The van der Waals surface area contributed by atoms with Gasteiger partial charge in [-0.2, -0.15) is 0 Å². The van der Waals surface area contributed by atoms with E-state index in [-0.39, 0.29) is 18.6 Å². The van der Waals surface area contributed by atoms with Crippen LogP contribution in [0.2, 0.25) is 0 Å². The standard InChI is InChI=1S/C13H20N2O2/c1-8(2)15-12(16)7-17-13-9(3)5-11(14)6-10(13)4/h5-6,8H,7,14H2,1-4H3,(H,15,16). The summed E-state index contributed by atoms with van der Waals surface area (Å²) in [6, 6.07) is 3.80. The first-order valence-electron chi connectivity index (χ1n) is 5.69. The molecule has 0 spiro atoms. The highest BCUT2D eigenvalue weighted by Gasteiger charge is 2.08. The second-order valence-electron chi connectivity index (χ2n) is 4.49. The Morgan fingerprint density at radius 2 is 1.88 bits per heavy atom. The zero-order valence-corrected chi connectivity index (χ0v) is 10.8. The number of nitrogens with two attached hydrogens (primary N) is 1. The Bertz CT molecular complexity index is 391. The summed E-state index contributed by atoms with van der Waals surface area (Å²) >= 11 is 0. The van der Waals surface area contributed by atoms with Crippen LogP contribution in [0.15, 0.2) is 12.1 Å². The SMILES string of the molecule is Cc1cc(N)cc(C)c1OCC(=O)NC(C)C. The van der Waals surface area contributed by atoms with Gasteiger partial charge in [0.2, 0.25) is 0 Å². The van der Waals surface area contributed by atoms with Crippen LogP contribution in [-0.4, -0.2) is 18.6 Å². The van der Waals surface area contributed by atoms with Crippen molar-refractivity contribution in [2.45, 2.75) is 33.7 Å². The minimum Gasteiger partial charge on any atom is -0.483 e. The van der Waals surface area contributed by atoms with Crippen molar-refractivity contribution in [3.05, 3.63) is 23.3 Å². The molecule has 0 aliphatic heterocycles. The normalized spacial score (nSPS) is 10.4. The molecule has 0 fully saturated rings. The summed E-state index contributed by atoms with van der Waals surface area (Å²) in [7, 11) is 0. The Balaban J connectivity index is 2.67. The number of aryl methyl sites for hydroxylation is 2. The van der Waals surface area contributed by atoms with Gasteiger partial charge in [0, 0.05) is 11.7 Å². The average molecular weight is 236 g/mol. The second-order valence-corrected chi connectivity index (χ2v) is 4.49. The van der Waals surface area contributed by atoms with Crippen molar-refractivity contribution in [3.63, 3.8) is 0 Å². The maximum absolute atomic E-state index is 11.5. The van der Waals surface area contributed by atoms with Gasteiger partial charge in [-0.25, -0.2) is 0 Å². The molecule has 4 nitrogen and oxygen atoms in total. The molecule has 1 amide bonds. The van der Waals surface area contributed by atoms with Crippen molar-refractivity contribution in [1.29, 1.82) is 0 Å². The number of hydrogen-bond acceptors (Lipinski definition) is 3. The number of carbonyl (C=O) groups is 1. The Hall–Kier alpha value is -1.71. The van der Waals surface area contributed by atoms with Gasteiger partial charge in [-0.3, -0.25) is 4.79 Å². The van der Waals surface area contributed by atoms with Crippen molar-refractivity contribution in [3.8, 4) is 5.75 Å². The van der Waals surface area contributed by atoms with Gasteiger partial charge < -0.3 is 15.8 Å². The van der Waals surface area contributed by atoms with Crippen LogP contribution in [0.4, 0.5) is 5.69 Å². The molecule has 0 saturated carbocycles. The van der Waals surface area contributed by atoms with Crippen molar-refractivity contribution >= 4 is 11.6 Å². The Morgan fingerprint density at radius 3 is 2.35 bits per heavy atom. The van der Waals surface area contributed by atoms with Crippen LogP contribution in [0.1, 0.15) is 25.0 Å². The van der Waals surface area contributed by atoms with Crippen molar-refractivity contribution in [1.82, 2.24) is 5.32 Å². The molecule has 17 heavy (non-hydrogen) atoms. The molecule has 0 bridgehead atoms. The average Bonchev–Trinajstić information content (AvgIpc) is 2.14. The number of nitrogen functional groups attached to an aromatic ring is 1. The van der Waals surface area contributed by atoms with E-state index in [1.807, 2.05) is 39.8 Å². The predicted octanol–water partition coefficient (Wildman–Crippen LogP) is 1.79. The Kier molecular flexibility index (Phi) is 4.37. The van der Waals surface area contributed by atoms with E-state index < -0.39 is 0 Å². The summed E-state index contributed by atoms with van der Waals surface area (Å²) in [5, 5.41) is 2.77. The van der Waals surface area contributed by atoms with E-state index in [2.05, 4.69) is 5.32 Å². The van der Waals surface area contributed by atoms with E-state index in [0.717, 1.165) is 16.9 Å². The predicted molar refractivity (Wildman–Crippen MR) is 69.1 cm³/mol. The first-order valence-corrected chi connectivity index (χ1v) is 5.69. The second kappa shape index (κ2) is 5.57. The topological polar surface area (TPSA) is 64.3 Å². The van der Waals surface area contributed by atoms with Crippen LogP contribution < -0.4 is 15.8 Å². The molecule has 3 N–H and O–H groups in total. The molecule has 0 aliphatic rings. The van der Waals surface area contributed by atoms with Crippen LogP contribution in [-0.2, 0) is 4.79 Å². The Morgan fingerprint density at radius 1 is 1.35 bits per heavy atom. The maximum Gasteiger partial charge on any atom is 0.258 e. The minimum atomic E-state index is -0.115. The molecule has 0 radical (unpaired) electrons. The molecule has 0 aliphatic carbocycles. The summed E-state index contributed by atoms with van der Waals surface area (Å²) in [6.45, 7) is 7.69. The monoisotopic (exact) mass is 236 g/mol. The Labute approximate surface area is 102 Å². The fourth-order valence-electron chi connectivity index (χ4n) is 1.71. The lowest BCUT2D eigenvalue weighted by atomic mass is 10.1. The van der Waals surface area contributed by atoms with Gasteiger partial charge in [0.05, 0.1) is 0 Å². The van der Waals surface area contributed by atoms with Crippen molar-refractivity contribution in [2.24, 2.45) is 0 Å². The fourth-order valence-corrected chi connectivity index (χ4v) is 1.71. The van der Waals surface area contributed by atoms with Gasteiger partial charge in [0.1, 0.15) is 5.75 Å². The van der Waals surface area contributed by atoms with Gasteiger partial charge in [0.25, 0.3) is 5.91 Å². The maximum atomic E-state index is 11.5. The molecule has 0 unspecified atom stereocenters. The van der Waals surface area contributed by atoms with Gasteiger partial charge >= 0.3 is 0 Å². The van der Waals surface area contributed by atoms with Crippen molar-refractivity contribution < 1.29 is 9.53 Å². The summed E-state index contributed by atoms with van der Waals surface area (Å²) in [6.07, 6.45) is 0. The van der Waals surface area contributed by atoms with Gasteiger partial charge in [0.15, 0.2) is 6.61 Å². The third-order valence-corrected chi connectivity index (χ3v) is 2.28. The molecule has 1 rings (SSSR count). The van der Waals surface area contributed by atoms with Crippen LogP contribution >= 0.6 is 0 Å². The van der Waals surface area contributed by atoms with Crippen LogP contribution in [0.3, 0.4) is 0 Å². The number of rotatable bonds is 4. The molecular weight excluding hydrogens is 216 g/mol. The van der Waals surface area contributed by atoms with Crippen LogP contribution in [0.25, 0.3) is 0 Å². The summed E-state index contributed by atoms with van der Waals surface area (Å²) in [5.74, 6) is 0.619.